The Kier molecular flexibility index (Phi) is 16.4. The molecule has 0 unspecified atom stereocenters. The predicted molar refractivity (Wildman–Crippen MR) is 211 cm³/mol. The van der Waals surface area contributed by atoms with Gasteiger partial charge in [0.05, 0.1) is 28.3 Å². The highest BCUT2D eigenvalue weighted by Crippen LogP contribution is 2.33. The van der Waals surface area contributed by atoms with Gasteiger partial charge in [0.1, 0.15) is 5.02 Å². The number of carboxylic acids is 3. The molecule has 0 spiro atoms. The van der Waals surface area contributed by atoms with Crippen molar-refractivity contribution in [2.45, 2.75) is 50.6 Å². The van der Waals surface area contributed by atoms with E-state index in [1.165, 1.54) is 4.70 Å². The SMILES string of the molecule is O=C(C[C@@H]1CCCN(c2nc3ccccc3s2)C1)Nc1ccc2cc1CCc1cncc(c1)Nc1ncc(Cl)c(n1)N2.O=C(O)C(F)(F)F.O=C(O)C(F)(F)F.O=C(O)C(F)(F)F. The van der Waals surface area contributed by atoms with Crippen molar-refractivity contribution in [3.05, 3.63) is 83.3 Å². The average molecular weight is 939 g/mol. The van der Waals surface area contributed by atoms with Crippen molar-refractivity contribution in [1.82, 2.24) is 19.9 Å². The van der Waals surface area contributed by atoms with Crippen molar-refractivity contribution in [1.29, 1.82) is 0 Å². The summed E-state index contributed by atoms with van der Waals surface area (Å²) in [6, 6.07) is 16.2. The molecule has 2 aromatic carbocycles. The van der Waals surface area contributed by atoms with Crippen LogP contribution < -0.4 is 20.9 Å². The van der Waals surface area contributed by atoms with Crippen LogP contribution in [0.1, 0.15) is 30.4 Å². The maximum absolute atomic E-state index is 13.4. The number of aliphatic carboxylic acids is 3. The summed E-state index contributed by atoms with van der Waals surface area (Å²) in [5.74, 6) is -7.05. The maximum atomic E-state index is 13.4. The maximum Gasteiger partial charge on any atom is 0.490 e. The fourth-order valence-corrected chi connectivity index (χ4v) is 6.76. The molecule has 1 fully saturated rings. The van der Waals surface area contributed by atoms with Crippen LogP contribution in [-0.2, 0) is 32.0 Å². The number of halogens is 10. The molecule has 2 aliphatic rings. The van der Waals surface area contributed by atoms with Crippen LogP contribution in [0.15, 0.2) is 67.1 Å². The molecule has 1 amide bonds. The Morgan fingerprint density at radius 3 is 2.06 bits per heavy atom. The first kappa shape index (κ1) is 49.2. The number of aromatic nitrogens is 4. The van der Waals surface area contributed by atoms with E-state index < -0.39 is 36.4 Å². The number of alkyl halides is 9. The summed E-state index contributed by atoms with van der Waals surface area (Å²) in [4.78, 5) is 60.4. The van der Waals surface area contributed by atoms with Crippen molar-refractivity contribution in [3.8, 4) is 0 Å². The number of hydrogen-bond acceptors (Lipinski definition) is 12. The number of nitrogens with zero attached hydrogens (tertiary/aromatic N) is 5. The van der Waals surface area contributed by atoms with Gasteiger partial charge in [0.15, 0.2) is 10.9 Å². The zero-order chi connectivity index (χ0) is 46.7. The first-order valence-corrected chi connectivity index (χ1v) is 19.0. The molecule has 338 valence electrons. The molecule has 1 atom stereocenters. The second kappa shape index (κ2) is 21.0. The Morgan fingerprint density at radius 2 is 1.44 bits per heavy atom. The van der Waals surface area contributed by atoms with Crippen LogP contribution in [0, 0.1) is 5.92 Å². The minimum Gasteiger partial charge on any atom is -0.475 e. The molecular formula is C37H32ClF9N8O7S. The number of piperidine rings is 1. The highest BCUT2D eigenvalue weighted by Gasteiger charge is 2.39. The topological polar surface area (TPSA) is 220 Å². The minimum absolute atomic E-state index is 0.0300. The summed E-state index contributed by atoms with van der Waals surface area (Å²) >= 11 is 8.13. The Bertz CT molecular complexity index is 2330. The number of rotatable bonds is 4. The van der Waals surface area contributed by atoms with Gasteiger partial charge in [-0.1, -0.05) is 35.1 Å². The fourth-order valence-electron chi connectivity index (χ4n) is 5.62. The van der Waals surface area contributed by atoms with Crippen molar-refractivity contribution in [2.24, 2.45) is 5.92 Å². The van der Waals surface area contributed by atoms with Crippen LogP contribution >= 0.6 is 22.9 Å². The standard InChI is InChI=1S/C31H29ClN8OS.3C2HF3O2/c32-24-17-34-30-36-23-12-19(15-33-16-23)7-8-21-14-22(35-29(24)39-30)9-10-25(21)37-28(41)13-20-4-3-11-40(18-20)31-38-26-5-1-2-6-27(26)42-31;3*3-2(4,5)1(6)7/h1-2,5-6,9-10,12,14-17,20H,3-4,7-8,11,13,18H2,(H,37,41)(H2,34,35,36,39);3*(H,6,7)/t20-;;;/m0.../s1. The van der Waals surface area contributed by atoms with E-state index in [9.17, 15) is 44.3 Å². The molecule has 2 aliphatic heterocycles. The molecule has 3 aromatic heterocycles. The van der Waals surface area contributed by atoms with Crippen LogP contribution in [0.2, 0.25) is 5.02 Å². The van der Waals surface area contributed by atoms with E-state index in [2.05, 4.69) is 47.9 Å². The molecule has 6 N–H and O–H groups in total. The van der Waals surface area contributed by atoms with E-state index in [4.69, 9.17) is 46.3 Å². The van der Waals surface area contributed by atoms with Crippen LogP contribution in [0.4, 0.5) is 73.5 Å². The third kappa shape index (κ3) is 15.4. The fraction of sp³-hybridized carbons (Fsp3) is 0.297. The highest BCUT2D eigenvalue weighted by atomic mass is 35.5. The van der Waals surface area contributed by atoms with E-state index in [1.807, 2.05) is 42.6 Å². The summed E-state index contributed by atoms with van der Waals surface area (Å²) < 4.78 is 96.4. The Morgan fingerprint density at radius 1 is 0.810 bits per heavy atom. The average Bonchev–Trinajstić information content (AvgIpc) is 3.64. The summed E-state index contributed by atoms with van der Waals surface area (Å²) in [5.41, 5.74) is 5.57. The van der Waals surface area contributed by atoms with Gasteiger partial charge in [-0.2, -0.15) is 44.5 Å². The number of amides is 1. The lowest BCUT2D eigenvalue weighted by Gasteiger charge is -2.32. The second-order valence-corrected chi connectivity index (χ2v) is 14.6. The predicted octanol–water partition coefficient (Wildman–Crippen LogP) is 8.87. The number of aryl methyl sites for hydroxylation is 2. The molecule has 6 bridgehead atoms. The monoisotopic (exact) mass is 938 g/mol. The Balaban J connectivity index is 0.000000344. The first-order valence-electron chi connectivity index (χ1n) is 17.8. The zero-order valence-electron chi connectivity index (χ0n) is 31.8. The number of para-hydroxylation sites is 1. The van der Waals surface area contributed by atoms with E-state index in [0.717, 1.165) is 77.6 Å². The molecule has 15 nitrogen and oxygen atoms in total. The van der Waals surface area contributed by atoms with Gasteiger partial charge in [-0.15, -0.1) is 0 Å². The van der Waals surface area contributed by atoms with Crippen LogP contribution in [-0.4, -0.2) is 90.7 Å². The van der Waals surface area contributed by atoms with Crippen molar-refractivity contribution in [3.63, 3.8) is 0 Å². The lowest BCUT2D eigenvalue weighted by molar-refractivity contribution is -0.193. The molecule has 1 saturated heterocycles. The van der Waals surface area contributed by atoms with Crippen LogP contribution in [0.5, 0.6) is 0 Å². The largest absolute Gasteiger partial charge is 0.490 e. The molecule has 0 radical (unpaired) electrons. The first-order chi connectivity index (χ1) is 29.4. The lowest BCUT2D eigenvalue weighted by atomic mass is 9.94. The molecule has 0 saturated carbocycles. The number of carbonyl (C=O) groups is 4. The molecule has 0 aliphatic carbocycles. The molecule has 63 heavy (non-hydrogen) atoms. The number of anilines is 6. The smallest absolute Gasteiger partial charge is 0.475 e. The van der Waals surface area contributed by atoms with Gasteiger partial charge in [-0.05, 0) is 79.1 Å². The third-order valence-electron chi connectivity index (χ3n) is 8.39. The van der Waals surface area contributed by atoms with Gasteiger partial charge in [0, 0.05) is 37.1 Å². The summed E-state index contributed by atoms with van der Waals surface area (Å²) in [6.07, 6.45) is -6.05. The number of nitrogens with one attached hydrogen (secondary N) is 3. The molecule has 7 rings (SSSR count). The van der Waals surface area contributed by atoms with Gasteiger partial charge in [-0.25, -0.2) is 24.4 Å². The molecular weight excluding hydrogens is 907 g/mol. The lowest BCUT2D eigenvalue weighted by Crippen LogP contribution is -2.36. The number of benzene rings is 2. The van der Waals surface area contributed by atoms with E-state index in [1.54, 1.807) is 23.7 Å². The van der Waals surface area contributed by atoms with Gasteiger partial charge in [-0.3, -0.25) is 9.78 Å². The Labute approximate surface area is 358 Å². The van der Waals surface area contributed by atoms with Gasteiger partial charge >= 0.3 is 36.4 Å². The zero-order valence-corrected chi connectivity index (χ0v) is 33.3. The molecule has 5 aromatic rings. The van der Waals surface area contributed by atoms with E-state index in [0.29, 0.717) is 23.2 Å². The van der Waals surface area contributed by atoms with Crippen molar-refractivity contribution < 1.29 is 74.0 Å². The molecule has 5 heterocycles. The van der Waals surface area contributed by atoms with Crippen molar-refractivity contribution in [2.75, 3.05) is 33.9 Å². The number of pyridine rings is 1. The van der Waals surface area contributed by atoms with Crippen molar-refractivity contribution >= 4 is 90.9 Å². The molecule has 26 heteroatoms. The van der Waals surface area contributed by atoms with Crippen LogP contribution in [0.3, 0.4) is 0 Å². The number of carbonyl (C=O) groups excluding carboxylic acids is 1. The van der Waals surface area contributed by atoms with Gasteiger partial charge < -0.3 is 36.2 Å². The van der Waals surface area contributed by atoms with Gasteiger partial charge in [0.2, 0.25) is 11.9 Å². The number of carboxylic acid groups (broad SMARTS) is 3. The van der Waals surface area contributed by atoms with E-state index >= 15 is 0 Å². The summed E-state index contributed by atoms with van der Waals surface area (Å²) in [6.45, 7) is 1.81. The number of hydrogen-bond donors (Lipinski definition) is 6. The van der Waals surface area contributed by atoms with Crippen LogP contribution in [0.25, 0.3) is 10.2 Å². The second-order valence-electron chi connectivity index (χ2n) is 13.2. The number of thiazole rings is 1. The number of fused-ring (bicyclic) bond motifs is 7. The Hall–Kier alpha value is -6.50. The normalized spacial score (nSPS) is 14.7. The van der Waals surface area contributed by atoms with E-state index in [-0.39, 0.29) is 11.8 Å². The highest BCUT2D eigenvalue weighted by molar-refractivity contribution is 7.22. The minimum atomic E-state index is -5.08. The third-order valence-corrected chi connectivity index (χ3v) is 9.77. The summed E-state index contributed by atoms with van der Waals surface area (Å²) in [5, 5.41) is 32.6. The van der Waals surface area contributed by atoms with Gasteiger partial charge in [0.25, 0.3) is 0 Å². The summed E-state index contributed by atoms with van der Waals surface area (Å²) in [7, 11) is 0. The quantitative estimate of drug-likeness (QED) is 0.0928.